The van der Waals surface area contributed by atoms with Crippen molar-refractivity contribution in [2.45, 2.75) is 57.3 Å². The van der Waals surface area contributed by atoms with Gasteiger partial charge in [-0.25, -0.2) is 4.99 Å². The number of nitrogens with one attached hydrogen (secondary N) is 2. The average molecular weight is 548 g/mol. The number of benzene rings is 4. The largest absolute Gasteiger partial charge is 0.354 e. The first-order valence-electron chi connectivity index (χ1n) is 15.7. The fourth-order valence-electron chi connectivity index (χ4n) is 7.36. The molecule has 4 aromatic carbocycles. The van der Waals surface area contributed by atoms with Crippen LogP contribution in [0.15, 0.2) is 114 Å². The first-order chi connectivity index (χ1) is 20.8. The Kier molecular flexibility index (Phi) is 6.61. The highest BCUT2D eigenvalue weighted by Gasteiger charge is 2.29. The van der Waals surface area contributed by atoms with Gasteiger partial charge in [0.05, 0.1) is 0 Å². The Morgan fingerprint density at radius 3 is 2.40 bits per heavy atom. The van der Waals surface area contributed by atoms with Crippen LogP contribution in [-0.2, 0) is 6.42 Å². The molecule has 1 aliphatic heterocycles. The van der Waals surface area contributed by atoms with E-state index in [-0.39, 0.29) is 12.3 Å². The molecule has 0 spiro atoms. The minimum Gasteiger partial charge on any atom is -0.354 e. The zero-order chi connectivity index (χ0) is 27.9. The molecule has 0 saturated heterocycles. The van der Waals surface area contributed by atoms with E-state index in [1.165, 1.54) is 74.2 Å². The number of amidine groups is 1. The van der Waals surface area contributed by atoms with Crippen molar-refractivity contribution in [1.82, 2.24) is 10.6 Å². The summed E-state index contributed by atoms with van der Waals surface area (Å²) < 4.78 is 0. The van der Waals surface area contributed by atoms with Gasteiger partial charge >= 0.3 is 0 Å². The molecule has 3 nitrogen and oxygen atoms in total. The molecule has 0 bridgehead atoms. The first kappa shape index (κ1) is 25.5. The molecular formula is C39H37N3. The highest BCUT2D eigenvalue weighted by atomic mass is 15.3. The minimum atomic E-state index is -0.0745. The Labute approximate surface area is 248 Å². The van der Waals surface area contributed by atoms with Crippen molar-refractivity contribution in [3.05, 3.63) is 131 Å². The molecule has 3 aliphatic carbocycles. The number of fused-ring (bicyclic) bond motifs is 6. The second kappa shape index (κ2) is 10.9. The first-order valence-corrected chi connectivity index (χ1v) is 15.7. The molecule has 1 heterocycles. The van der Waals surface area contributed by atoms with E-state index in [0.717, 1.165) is 31.5 Å². The molecule has 42 heavy (non-hydrogen) atoms. The third kappa shape index (κ3) is 4.62. The van der Waals surface area contributed by atoms with E-state index in [4.69, 9.17) is 4.99 Å². The fraction of sp³-hybridized carbons (Fsp3) is 0.256. The highest BCUT2D eigenvalue weighted by molar-refractivity contribution is 6.14. The van der Waals surface area contributed by atoms with Gasteiger partial charge in [-0.15, -0.1) is 0 Å². The Morgan fingerprint density at radius 2 is 1.60 bits per heavy atom. The molecule has 3 unspecified atom stereocenters. The smallest absolute Gasteiger partial charge is 0.129 e. The fourth-order valence-corrected chi connectivity index (χ4v) is 7.36. The van der Waals surface area contributed by atoms with Gasteiger partial charge in [-0.1, -0.05) is 103 Å². The van der Waals surface area contributed by atoms with Gasteiger partial charge in [-0.3, -0.25) is 5.32 Å². The summed E-state index contributed by atoms with van der Waals surface area (Å²) in [7, 11) is 0. The van der Waals surface area contributed by atoms with Crippen LogP contribution < -0.4 is 10.6 Å². The predicted molar refractivity (Wildman–Crippen MR) is 177 cm³/mol. The van der Waals surface area contributed by atoms with Crippen LogP contribution in [0.25, 0.3) is 33.2 Å². The van der Waals surface area contributed by atoms with E-state index >= 15 is 0 Å². The Balaban J connectivity index is 1.18. The molecular weight excluding hydrogens is 510 g/mol. The molecule has 0 fully saturated rings. The van der Waals surface area contributed by atoms with Gasteiger partial charge < -0.3 is 5.32 Å². The van der Waals surface area contributed by atoms with Gasteiger partial charge in [0.25, 0.3) is 0 Å². The summed E-state index contributed by atoms with van der Waals surface area (Å²) in [6.45, 7) is 0. The van der Waals surface area contributed by atoms with Crippen LogP contribution in [0.3, 0.4) is 0 Å². The van der Waals surface area contributed by atoms with Crippen molar-refractivity contribution in [2.75, 3.05) is 0 Å². The van der Waals surface area contributed by atoms with Crippen molar-refractivity contribution in [2.24, 2.45) is 10.9 Å². The average Bonchev–Trinajstić information content (AvgIpc) is 3.09. The lowest BCUT2D eigenvalue weighted by Gasteiger charge is -2.36. The Morgan fingerprint density at radius 1 is 0.762 bits per heavy atom. The van der Waals surface area contributed by atoms with Crippen LogP contribution in [-0.4, -0.2) is 12.0 Å². The second-order valence-electron chi connectivity index (χ2n) is 12.1. The standard InChI is InChI=1S/C39H37N3/c1-3-12-26(13-4-1)37-40-38(27-14-5-2-6-15-27)42-39(41-37)30-17-11-16-28(24-30)29-22-23-35-33-20-8-7-18-31(33)32-19-9-10-21-34(32)36(35)25-29/h1,3-4,7-12,14,16-21,24-26,38-39,42H,2,5-6,13,15,22-23H2,(H,40,41). The van der Waals surface area contributed by atoms with E-state index in [2.05, 4.69) is 120 Å². The van der Waals surface area contributed by atoms with Crippen LogP contribution in [0.2, 0.25) is 0 Å². The van der Waals surface area contributed by atoms with E-state index in [1.54, 1.807) is 0 Å². The summed E-state index contributed by atoms with van der Waals surface area (Å²) in [5, 5.41) is 13.1. The van der Waals surface area contributed by atoms with E-state index in [0.29, 0.717) is 5.92 Å². The summed E-state index contributed by atoms with van der Waals surface area (Å²) in [5.41, 5.74) is 8.31. The second-order valence-corrected chi connectivity index (χ2v) is 12.1. The van der Waals surface area contributed by atoms with Gasteiger partial charge in [0.1, 0.15) is 18.2 Å². The lowest BCUT2D eigenvalue weighted by molar-refractivity contribution is 0.412. The topological polar surface area (TPSA) is 36.4 Å². The number of rotatable bonds is 4. The predicted octanol–water partition coefficient (Wildman–Crippen LogP) is 9.03. The summed E-state index contributed by atoms with van der Waals surface area (Å²) in [6.07, 6.45) is 21.8. The number of nitrogens with zero attached hydrogens (tertiary/aromatic N) is 1. The van der Waals surface area contributed by atoms with Gasteiger partial charge in [0.2, 0.25) is 0 Å². The molecule has 8 rings (SSSR count). The molecule has 3 heteroatoms. The maximum atomic E-state index is 5.28. The molecule has 4 aliphatic rings. The quantitative estimate of drug-likeness (QED) is 0.198. The van der Waals surface area contributed by atoms with Gasteiger partial charge in [0, 0.05) is 5.92 Å². The van der Waals surface area contributed by atoms with Crippen LogP contribution in [0, 0.1) is 5.92 Å². The number of aryl methyl sites for hydroxylation is 1. The Hall–Kier alpha value is -4.21. The molecule has 208 valence electrons. The van der Waals surface area contributed by atoms with Crippen LogP contribution in [0.5, 0.6) is 0 Å². The van der Waals surface area contributed by atoms with Crippen molar-refractivity contribution in [3.8, 4) is 0 Å². The van der Waals surface area contributed by atoms with Crippen LogP contribution >= 0.6 is 0 Å². The van der Waals surface area contributed by atoms with Crippen molar-refractivity contribution in [1.29, 1.82) is 0 Å². The molecule has 2 N–H and O–H groups in total. The zero-order valence-electron chi connectivity index (χ0n) is 24.0. The summed E-state index contributed by atoms with van der Waals surface area (Å²) in [4.78, 5) is 5.28. The van der Waals surface area contributed by atoms with Crippen molar-refractivity contribution in [3.63, 3.8) is 0 Å². The zero-order valence-corrected chi connectivity index (χ0v) is 24.0. The monoisotopic (exact) mass is 547 g/mol. The molecule has 0 amide bonds. The molecule has 0 radical (unpaired) electrons. The highest BCUT2D eigenvalue weighted by Crippen LogP contribution is 2.40. The lowest BCUT2D eigenvalue weighted by Crippen LogP contribution is -2.53. The summed E-state index contributed by atoms with van der Waals surface area (Å²) in [6, 6.07) is 26.9. The summed E-state index contributed by atoms with van der Waals surface area (Å²) >= 11 is 0. The van der Waals surface area contributed by atoms with E-state index < -0.39 is 0 Å². The SMILES string of the molecule is C1=CCC(C2=NC(c3cccc(C4=Cc5c(c6ccccc6c6ccccc56)CC4)c3)NC(C3=CCCCC3)N2)C=C1. The molecule has 3 atom stereocenters. The number of hydrogen-bond acceptors (Lipinski definition) is 3. The minimum absolute atomic E-state index is 0.0745. The van der Waals surface area contributed by atoms with Crippen molar-refractivity contribution < 1.29 is 0 Å². The van der Waals surface area contributed by atoms with Crippen LogP contribution in [0.1, 0.15) is 66.9 Å². The lowest BCUT2D eigenvalue weighted by atomic mass is 9.82. The number of aliphatic imine (C=N–C) groups is 1. The Bertz CT molecular complexity index is 1840. The summed E-state index contributed by atoms with van der Waals surface area (Å²) in [5.74, 6) is 1.40. The normalized spacial score (nSPS) is 23.6. The van der Waals surface area contributed by atoms with E-state index in [9.17, 15) is 0 Å². The maximum Gasteiger partial charge on any atom is 0.129 e. The maximum absolute atomic E-state index is 5.28. The van der Waals surface area contributed by atoms with Crippen molar-refractivity contribution >= 4 is 39.0 Å². The third-order valence-electron chi connectivity index (χ3n) is 9.53. The molecule has 0 saturated carbocycles. The van der Waals surface area contributed by atoms with Crippen LogP contribution in [0.4, 0.5) is 0 Å². The molecule has 0 aromatic heterocycles. The molecule has 4 aromatic rings. The van der Waals surface area contributed by atoms with Gasteiger partial charge in [0.15, 0.2) is 0 Å². The van der Waals surface area contributed by atoms with Gasteiger partial charge in [-0.05, 0) is 106 Å². The third-order valence-corrected chi connectivity index (χ3v) is 9.53. The van der Waals surface area contributed by atoms with Gasteiger partial charge in [-0.2, -0.15) is 0 Å². The van der Waals surface area contributed by atoms with E-state index in [1.807, 2.05) is 0 Å². The number of hydrogen-bond donors (Lipinski definition) is 2. The number of allylic oxidation sites excluding steroid dienone is 5.